The van der Waals surface area contributed by atoms with Crippen molar-refractivity contribution in [1.29, 1.82) is 0 Å². The summed E-state index contributed by atoms with van der Waals surface area (Å²) in [6.45, 7) is 0. The molecule has 2 aromatic rings. The molecule has 2 rings (SSSR count). The summed E-state index contributed by atoms with van der Waals surface area (Å²) in [5.74, 6) is -1.36. The standard InChI is InChI=1S/C15H14N2O3/c18-14(19)10-13(11-6-2-1-3-7-11)17-15(20)12-8-4-5-9-16-12/h1-9,13H,10H2,(H,17,20)(H,18,19)/t13-/m0/s1. The fourth-order valence-corrected chi connectivity index (χ4v) is 1.84. The summed E-state index contributed by atoms with van der Waals surface area (Å²) in [5.41, 5.74) is 1.01. The summed E-state index contributed by atoms with van der Waals surface area (Å²) in [6.07, 6.45) is 1.34. The SMILES string of the molecule is O=C(O)C[C@H](NC(=O)c1ccccn1)c1ccccc1. The molecule has 0 radical (unpaired) electrons. The zero-order valence-corrected chi connectivity index (χ0v) is 10.7. The van der Waals surface area contributed by atoms with Crippen molar-refractivity contribution in [2.45, 2.75) is 12.5 Å². The monoisotopic (exact) mass is 270 g/mol. The predicted molar refractivity (Wildman–Crippen MR) is 73.1 cm³/mol. The number of nitrogens with zero attached hydrogens (tertiary/aromatic N) is 1. The predicted octanol–water partition coefficient (Wildman–Crippen LogP) is 2.03. The molecule has 0 aliphatic carbocycles. The van der Waals surface area contributed by atoms with Gasteiger partial charge in [0, 0.05) is 6.20 Å². The summed E-state index contributed by atoms with van der Waals surface area (Å²) in [7, 11) is 0. The highest BCUT2D eigenvalue weighted by atomic mass is 16.4. The second kappa shape index (κ2) is 6.47. The number of pyridine rings is 1. The molecule has 0 unspecified atom stereocenters. The molecule has 1 aromatic heterocycles. The van der Waals surface area contributed by atoms with E-state index in [2.05, 4.69) is 10.3 Å². The summed E-state index contributed by atoms with van der Waals surface area (Å²) < 4.78 is 0. The van der Waals surface area contributed by atoms with Crippen LogP contribution in [0.25, 0.3) is 0 Å². The number of rotatable bonds is 5. The first-order valence-electron chi connectivity index (χ1n) is 6.15. The number of carboxylic acid groups (broad SMARTS) is 1. The van der Waals surface area contributed by atoms with E-state index in [9.17, 15) is 9.59 Å². The topological polar surface area (TPSA) is 79.3 Å². The molecule has 20 heavy (non-hydrogen) atoms. The number of hydrogen-bond donors (Lipinski definition) is 2. The van der Waals surface area contributed by atoms with Gasteiger partial charge in [-0.3, -0.25) is 14.6 Å². The molecule has 1 heterocycles. The number of aromatic nitrogens is 1. The lowest BCUT2D eigenvalue weighted by atomic mass is 10.0. The highest BCUT2D eigenvalue weighted by Gasteiger charge is 2.19. The minimum atomic E-state index is -0.972. The summed E-state index contributed by atoms with van der Waals surface area (Å²) in [6, 6.07) is 13.4. The van der Waals surface area contributed by atoms with Crippen LogP contribution < -0.4 is 5.32 Å². The molecule has 0 aliphatic rings. The molecule has 1 aromatic carbocycles. The van der Waals surface area contributed by atoms with Gasteiger partial charge in [0.2, 0.25) is 0 Å². The molecule has 0 saturated carbocycles. The van der Waals surface area contributed by atoms with Crippen molar-refractivity contribution >= 4 is 11.9 Å². The van der Waals surface area contributed by atoms with Crippen molar-refractivity contribution in [3.8, 4) is 0 Å². The molecule has 102 valence electrons. The highest BCUT2D eigenvalue weighted by Crippen LogP contribution is 2.17. The minimum absolute atomic E-state index is 0.178. The van der Waals surface area contributed by atoms with Gasteiger partial charge in [0.1, 0.15) is 5.69 Å². The number of amides is 1. The van der Waals surface area contributed by atoms with Crippen molar-refractivity contribution in [2.75, 3.05) is 0 Å². The number of aliphatic carboxylic acids is 1. The molecule has 1 amide bonds. The molecule has 2 N–H and O–H groups in total. The molecule has 5 nitrogen and oxygen atoms in total. The maximum atomic E-state index is 12.0. The molecule has 5 heteroatoms. The molecule has 0 aliphatic heterocycles. The maximum absolute atomic E-state index is 12.0. The van der Waals surface area contributed by atoms with E-state index in [0.717, 1.165) is 5.56 Å². The number of carboxylic acids is 1. The Labute approximate surface area is 116 Å². The van der Waals surface area contributed by atoms with Crippen LogP contribution in [-0.2, 0) is 4.79 Å². The third kappa shape index (κ3) is 3.65. The van der Waals surface area contributed by atoms with Gasteiger partial charge in [-0.1, -0.05) is 36.4 Å². The van der Waals surface area contributed by atoms with Crippen LogP contribution in [0.4, 0.5) is 0 Å². The number of hydrogen-bond acceptors (Lipinski definition) is 3. The van der Waals surface area contributed by atoms with Gasteiger partial charge in [0.05, 0.1) is 12.5 Å². The van der Waals surface area contributed by atoms with Crippen LogP contribution in [0.3, 0.4) is 0 Å². The van der Waals surface area contributed by atoms with Crippen molar-refractivity contribution in [3.05, 3.63) is 66.0 Å². The van der Waals surface area contributed by atoms with Crippen molar-refractivity contribution in [1.82, 2.24) is 10.3 Å². The Morgan fingerprint density at radius 1 is 1.10 bits per heavy atom. The van der Waals surface area contributed by atoms with Crippen LogP contribution in [-0.4, -0.2) is 22.0 Å². The summed E-state index contributed by atoms with van der Waals surface area (Å²) in [4.78, 5) is 26.9. The number of benzene rings is 1. The average Bonchev–Trinajstić information content (AvgIpc) is 2.48. The number of carbonyl (C=O) groups is 2. The Kier molecular flexibility index (Phi) is 4.44. The van der Waals surface area contributed by atoms with Crippen molar-refractivity contribution in [2.24, 2.45) is 0 Å². The molecule has 1 atom stereocenters. The van der Waals surface area contributed by atoms with Gasteiger partial charge in [0.15, 0.2) is 0 Å². The third-order valence-corrected chi connectivity index (χ3v) is 2.78. The Morgan fingerprint density at radius 2 is 1.80 bits per heavy atom. The summed E-state index contributed by atoms with van der Waals surface area (Å²) in [5, 5.41) is 11.7. The average molecular weight is 270 g/mol. The largest absolute Gasteiger partial charge is 0.481 e. The Morgan fingerprint density at radius 3 is 2.40 bits per heavy atom. The van der Waals surface area contributed by atoms with Crippen LogP contribution in [0.15, 0.2) is 54.7 Å². The molecule has 0 saturated heterocycles. The molecular weight excluding hydrogens is 256 g/mol. The normalized spacial score (nSPS) is 11.6. The summed E-state index contributed by atoms with van der Waals surface area (Å²) >= 11 is 0. The van der Waals surface area contributed by atoms with E-state index in [1.165, 1.54) is 6.20 Å². The Hall–Kier alpha value is -2.69. The minimum Gasteiger partial charge on any atom is -0.481 e. The van der Waals surface area contributed by atoms with Crippen molar-refractivity contribution < 1.29 is 14.7 Å². The lowest BCUT2D eigenvalue weighted by Crippen LogP contribution is -2.30. The number of carbonyl (C=O) groups excluding carboxylic acids is 1. The lowest BCUT2D eigenvalue weighted by Gasteiger charge is -2.17. The molecule has 0 fully saturated rings. The fraction of sp³-hybridized carbons (Fsp3) is 0.133. The molecule has 0 spiro atoms. The van der Waals surface area contributed by atoms with E-state index in [4.69, 9.17) is 5.11 Å². The van der Waals surface area contributed by atoms with E-state index in [1.54, 1.807) is 42.5 Å². The van der Waals surface area contributed by atoms with Gasteiger partial charge in [-0.15, -0.1) is 0 Å². The Balaban J connectivity index is 2.16. The molecular formula is C15H14N2O3. The lowest BCUT2D eigenvalue weighted by molar-refractivity contribution is -0.137. The van der Waals surface area contributed by atoms with Crippen molar-refractivity contribution in [3.63, 3.8) is 0 Å². The second-order valence-corrected chi connectivity index (χ2v) is 4.25. The van der Waals surface area contributed by atoms with Gasteiger partial charge in [-0.25, -0.2) is 0 Å². The van der Waals surface area contributed by atoms with E-state index < -0.39 is 12.0 Å². The van der Waals surface area contributed by atoms with E-state index in [-0.39, 0.29) is 18.0 Å². The van der Waals surface area contributed by atoms with Crippen LogP contribution in [0.1, 0.15) is 28.5 Å². The number of nitrogens with one attached hydrogen (secondary N) is 1. The van der Waals surface area contributed by atoms with Gasteiger partial charge in [-0.2, -0.15) is 0 Å². The third-order valence-electron chi connectivity index (χ3n) is 2.78. The van der Waals surface area contributed by atoms with Crippen LogP contribution in [0.2, 0.25) is 0 Å². The second-order valence-electron chi connectivity index (χ2n) is 4.25. The van der Waals surface area contributed by atoms with E-state index in [1.807, 2.05) is 6.07 Å². The molecule has 0 bridgehead atoms. The van der Waals surface area contributed by atoms with Crippen LogP contribution in [0.5, 0.6) is 0 Å². The smallest absolute Gasteiger partial charge is 0.305 e. The Bertz CT molecular complexity index is 585. The first-order valence-corrected chi connectivity index (χ1v) is 6.15. The maximum Gasteiger partial charge on any atom is 0.305 e. The quantitative estimate of drug-likeness (QED) is 0.871. The van der Waals surface area contributed by atoms with Gasteiger partial charge in [-0.05, 0) is 17.7 Å². The highest BCUT2D eigenvalue weighted by molar-refractivity contribution is 5.92. The van der Waals surface area contributed by atoms with Crippen LogP contribution >= 0.6 is 0 Å². The van der Waals surface area contributed by atoms with E-state index >= 15 is 0 Å². The fourth-order valence-electron chi connectivity index (χ4n) is 1.84. The zero-order valence-electron chi connectivity index (χ0n) is 10.7. The zero-order chi connectivity index (χ0) is 14.4. The van der Waals surface area contributed by atoms with Gasteiger partial charge in [0.25, 0.3) is 5.91 Å². The first-order chi connectivity index (χ1) is 9.66. The van der Waals surface area contributed by atoms with E-state index in [0.29, 0.717) is 0 Å². The van der Waals surface area contributed by atoms with Gasteiger partial charge >= 0.3 is 5.97 Å². The first kappa shape index (κ1) is 13.7. The van der Waals surface area contributed by atoms with Gasteiger partial charge < -0.3 is 10.4 Å². The van der Waals surface area contributed by atoms with Crippen LogP contribution in [0, 0.1) is 0 Å².